The summed E-state index contributed by atoms with van der Waals surface area (Å²) in [6.45, 7) is 0. The molecule has 0 heterocycles. The van der Waals surface area contributed by atoms with Crippen molar-refractivity contribution in [1.82, 2.24) is 0 Å². The third-order valence-corrected chi connectivity index (χ3v) is 1.84. The van der Waals surface area contributed by atoms with Gasteiger partial charge in [0.15, 0.2) is 0 Å². The molecule has 0 fully saturated rings. The average molecular weight is 209 g/mol. The van der Waals surface area contributed by atoms with E-state index in [0.29, 0.717) is 5.56 Å². The standard InChI is InChI=1S/C9H8N2O4/c10-7(9(12)13)5-6-3-1-2-4-8(6)11(14)15/h1-4,10H,5H2,(H,12,13)/p+1. The zero-order chi connectivity index (χ0) is 11.4. The molecule has 6 heteroatoms. The number of nitrogens with two attached hydrogens (primary N) is 1. The monoisotopic (exact) mass is 209 g/mol. The Morgan fingerprint density at radius 2 is 2.07 bits per heavy atom. The van der Waals surface area contributed by atoms with Gasteiger partial charge in [0.2, 0.25) is 0 Å². The molecule has 0 saturated heterocycles. The van der Waals surface area contributed by atoms with Crippen LogP contribution in [0.2, 0.25) is 0 Å². The largest absolute Gasteiger partial charge is 0.474 e. The predicted octanol–water partition coefficient (Wildman–Crippen LogP) is -0.578. The number of benzene rings is 1. The van der Waals surface area contributed by atoms with Crippen LogP contribution in [0, 0.1) is 10.1 Å². The van der Waals surface area contributed by atoms with Gasteiger partial charge in [0.05, 0.1) is 11.3 Å². The highest BCUT2D eigenvalue weighted by Crippen LogP contribution is 2.17. The molecule has 15 heavy (non-hydrogen) atoms. The maximum atomic E-state index is 10.6. The second-order valence-electron chi connectivity index (χ2n) is 2.89. The van der Waals surface area contributed by atoms with Gasteiger partial charge in [0.25, 0.3) is 11.4 Å². The SMILES string of the molecule is [NH2+]=C(Cc1ccccc1[N+](=O)[O-])C(=O)O. The fraction of sp³-hybridized carbons (Fsp3) is 0.111. The highest BCUT2D eigenvalue weighted by molar-refractivity contribution is 6.33. The zero-order valence-corrected chi connectivity index (χ0v) is 7.71. The number of nitro groups is 1. The van der Waals surface area contributed by atoms with E-state index in [2.05, 4.69) is 0 Å². The van der Waals surface area contributed by atoms with E-state index in [1.165, 1.54) is 18.2 Å². The van der Waals surface area contributed by atoms with Crippen molar-refractivity contribution >= 4 is 17.4 Å². The van der Waals surface area contributed by atoms with Crippen molar-refractivity contribution in [3.8, 4) is 0 Å². The normalized spacial score (nSPS) is 9.60. The van der Waals surface area contributed by atoms with E-state index in [1.807, 2.05) is 0 Å². The lowest BCUT2D eigenvalue weighted by Crippen LogP contribution is -2.46. The summed E-state index contributed by atoms with van der Waals surface area (Å²) in [5.41, 5.74) is -0.145. The summed E-state index contributed by atoms with van der Waals surface area (Å²) in [6.07, 6.45) is -0.132. The fourth-order valence-electron chi connectivity index (χ4n) is 1.12. The first kappa shape index (κ1) is 10.8. The molecule has 0 atom stereocenters. The van der Waals surface area contributed by atoms with Crippen LogP contribution in [0.1, 0.15) is 5.56 Å². The number of carboxylic acids is 1. The summed E-state index contributed by atoms with van der Waals surface area (Å²) in [7, 11) is 0. The van der Waals surface area contributed by atoms with Crippen LogP contribution in [0.25, 0.3) is 0 Å². The van der Waals surface area contributed by atoms with Crippen molar-refractivity contribution in [2.24, 2.45) is 0 Å². The Kier molecular flexibility index (Phi) is 3.12. The molecule has 0 unspecified atom stereocenters. The van der Waals surface area contributed by atoms with Crippen molar-refractivity contribution in [1.29, 1.82) is 0 Å². The Morgan fingerprint density at radius 1 is 1.47 bits per heavy atom. The summed E-state index contributed by atoms with van der Waals surface area (Å²) in [6, 6.07) is 5.90. The number of hydrogen-bond acceptors (Lipinski definition) is 3. The van der Waals surface area contributed by atoms with E-state index in [0.717, 1.165) is 0 Å². The van der Waals surface area contributed by atoms with Crippen molar-refractivity contribution in [2.45, 2.75) is 6.42 Å². The molecule has 78 valence electrons. The quantitative estimate of drug-likeness (QED) is 0.393. The fourth-order valence-corrected chi connectivity index (χ4v) is 1.12. The Morgan fingerprint density at radius 3 is 2.60 bits per heavy atom. The number of carboxylic acid groups (broad SMARTS) is 1. The topological polar surface area (TPSA) is 106 Å². The minimum absolute atomic E-state index is 0.123. The van der Waals surface area contributed by atoms with Crippen LogP contribution in [0.3, 0.4) is 0 Å². The number of aliphatic carboxylic acids is 1. The first-order valence-electron chi connectivity index (χ1n) is 4.09. The Labute approximate surface area is 84.8 Å². The molecule has 0 amide bonds. The van der Waals surface area contributed by atoms with Crippen LogP contribution in [-0.2, 0) is 11.2 Å². The minimum Gasteiger partial charge on any atom is -0.474 e. The molecule has 0 spiro atoms. The Bertz CT molecular complexity index is 428. The first-order valence-corrected chi connectivity index (χ1v) is 4.09. The summed E-state index contributed by atoms with van der Waals surface area (Å²) in [4.78, 5) is 20.5. The number of carbonyl (C=O) groups is 1. The van der Waals surface area contributed by atoms with Crippen LogP contribution >= 0.6 is 0 Å². The molecule has 0 radical (unpaired) electrons. The molecule has 0 aliphatic rings. The maximum Gasteiger partial charge on any atom is 0.396 e. The van der Waals surface area contributed by atoms with E-state index in [1.54, 1.807) is 6.07 Å². The van der Waals surface area contributed by atoms with Crippen molar-refractivity contribution in [2.75, 3.05) is 0 Å². The average Bonchev–Trinajstić information content (AvgIpc) is 2.18. The van der Waals surface area contributed by atoms with Crippen molar-refractivity contribution in [3.05, 3.63) is 39.9 Å². The second-order valence-corrected chi connectivity index (χ2v) is 2.89. The van der Waals surface area contributed by atoms with Crippen LogP contribution in [0.5, 0.6) is 0 Å². The van der Waals surface area contributed by atoms with Gasteiger partial charge in [-0.15, -0.1) is 0 Å². The highest BCUT2D eigenvalue weighted by atomic mass is 16.6. The minimum atomic E-state index is -1.26. The van der Waals surface area contributed by atoms with Gasteiger partial charge in [-0.05, 0) is 0 Å². The molecule has 1 rings (SSSR count). The van der Waals surface area contributed by atoms with E-state index < -0.39 is 10.9 Å². The van der Waals surface area contributed by atoms with Gasteiger partial charge >= 0.3 is 5.97 Å². The van der Waals surface area contributed by atoms with Crippen molar-refractivity contribution < 1.29 is 20.2 Å². The molecule has 1 aromatic rings. The Balaban J connectivity index is 2.99. The lowest BCUT2D eigenvalue weighted by Gasteiger charge is -1.98. The smallest absolute Gasteiger partial charge is 0.396 e. The van der Waals surface area contributed by atoms with Crippen LogP contribution < -0.4 is 5.41 Å². The lowest BCUT2D eigenvalue weighted by atomic mass is 10.1. The van der Waals surface area contributed by atoms with Crippen LogP contribution in [-0.4, -0.2) is 21.7 Å². The van der Waals surface area contributed by atoms with E-state index in [-0.39, 0.29) is 17.8 Å². The number of nitrogens with zero attached hydrogens (tertiary/aromatic N) is 1. The molecular weight excluding hydrogens is 200 g/mol. The van der Waals surface area contributed by atoms with Gasteiger partial charge in [0.1, 0.15) is 0 Å². The van der Waals surface area contributed by atoms with Gasteiger partial charge in [-0.2, -0.15) is 0 Å². The summed E-state index contributed by atoms with van der Waals surface area (Å²) in [5, 5.41) is 24.3. The summed E-state index contributed by atoms with van der Waals surface area (Å²) < 4.78 is 0. The van der Waals surface area contributed by atoms with E-state index in [9.17, 15) is 14.9 Å². The molecule has 0 aliphatic carbocycles. The van der Waals surface area contributed by atoms with Crippen LogP contribution in [0.4, 0.5) is 5.69 Å². The summed E-state index contributed by atoms with van der Waals surface area (Å²) in [5.74, 6) is -1.26. The highest BCUT2D eigenvalue weighted by Gasteiger charge is 2.20. The molecule has 6 nitrogen and oxygen atoms in total. The third-order valence-electron chi connectivity index (χ3n) is 1.84. The number of rotatable bonds is 4. The van der Waals surface area contributed by atoms with Gasteiger partial charge in [-0.3, -0.25) is 15.5 Å². The lowest BCUT2D eigenvalue weighted by molar-refractivity contribution is -0.385. The zero-order valence-electron chi connectivity index (χ0n) is 7.71. The van der Waals surface area contributed by atoms with Gasteiger partial charge in [0, 0.05) is 11.6 Å². The first-order chi connectivity index (χ1) is 7.02. The molecule has 0 saturated carbocycles. The van der Waals surface area contributed by atoms with Gasteiger partial charge < -0.3 is 5.11 Å². The molecule has 3 N–H and O–H groups in total. The Hall–Kier alpha value is -2.24. The number of nitro benzene ring substituents is 1. The predicted molar refractivity (Wildman–Crippen MR) is 51.4 cm³/mol. The van der Waals surface area contributed by atoms with E-state index >= 15 is 0 Å². The summed E-state index contributed by atoms with van der Waals surface area (Å²) >= 11 is 0. The second kappa shape index (κ2) is 4.32. The van der Waals surface area contributed by atoms with E-state index in [4.69, 9.17) is 10.5 Å². The molecule has 0 aromatic heterocycles. The van der Waals surface area contributed by atoms with Gasteiger partial charge in [-0.1, -0.05) is 18.2 Å². The number of para-hydroxylation sites is 1. The van der Waals surface area contributed by atoms with Gasteiger partial charge in [-0.25, -0.2) is 4.79 Å². The van der Waals surface area contributed by atoms with Crippen molar-refractivity contribution in [3.63, 3.8) is 0 Å². The van der Waals surface area contributed by atoms with Crippen LogP contribution in [0.15, 0.2) is 24.3 Å². The molecular formula is C9H9N2O4+. The third kappa shape index (κ3) is 2.60. The maximum absolute atomic E-state index is 10.6. The molecule has 1 aromatic carbocycles. The number of hydrogen-bond donors (Lipinski definition) is 2. The molecule has 0 aliphatic heterocycles. The molecule has 0 bridgehead atoms.